The van der Waals surface area contributed by atoms with Crippen LogP contribution >= 0.6 is 22.9 Å². The molecule has 0 radical (unpaired) electrons. The normalized spacial score (nSPS) is 17.8. The SMILES string of the molecule is CC(NC(C)C(C)N)c1ccc(Cl)s1. The first-order valence-corrected chi connectivity index (χ1v) is 5.97. The van der Waals surface area contributed by atoms with Gasteiger partial charge < -0.3 is 11.1 Å². The summed E-state index contributed by atoms with van der Waals surface area (Å²) in [6.45, 7) is 6.23. The van der Waals surface area contributed by atoms with Crippen molar-refractivity contribution in [3.63, 3.8) is 0 Å². The van der Waals surface area contributed by atoms with Crippen LogP contribution in [0.2, 0.25) is 4.34 Å². The number of nitrogens with two attached hydrogens (primary N) is 1. The third-order valence-corrected chi connectivity index (χ3v) is 3.74. The van der Waals surface area contributed by atoms with E-state index >= 15 is 0 Å². The first-order chi connectivity index (χ1) is 6.50. The van der Waals surface area contributed by atoms with Gasteiger partial charge in [0.2, 0.25) is 0 Å². The molecule has 4 heteroatoms. The maximum atomic E-state index is 5.87. The topological polar surface area (TPSA) is 38.0 Å². The summed E-state index contributed by atoms with van der Waals surface area (Å²) in [5, 5.41) is 3.44. The van der Waals surface area contributed by atoms with E-state index in [1.165, 1.54) is 4.88 Å². The number of thiophene rings is 1. The summed E-state index contributed by atoms with van der Waals surface area (Å²) >= 11 is 7.48. The van der Waals surface area contributed by atoms with E-state index in [1.54, 1.807) is 11.3 Å². The molecule has 0 aliphatic heterocycles. The molecule has 0 saturated heterocycles. The lowest BCUT2D eigenvalue weighted by Gasteiger charge is -2.21. The highest BCUT2D eigenvalue weighted by Crippen LogP contribution is 2.26. The molecule has 0 fully saturated rings. The molecule has 0 bridgehead atoms. The van der Waals surface area contributed by atoms with E-state index in [-0.39, 0.29) is 6.04 Å². The summed E-state index contributed by atoms with van der Waals surface area (Å²) in [5.74, 6) is 0. The molecule has 0 aliphatic carbocycles. The third kappa shape index (κ3) is 3.24. The summed E-state index contributed by atoms with van der Waals surface area (Å²) in [6.07, 6.45) is 0. The number of rotatable bonds is 4. The van der Waals surface area contributed by atoms with Crippen LogP contribution in [0.3, 0.4) is 0 Å². The Kier molecular flexibility index (Phi) is 4.38. The number of halogens is 1. The average molecular weight is 233 g/mol. The van der Waals surface area contributed by atoms with Gasteiger partial charge in [-0.15, -0.1) is 11.3 Å². The highest BCUT2D eigenvalue weighted by atomic mass is 35.5. The highest BCUT2D eigenvalue weighted by Gasteiger charge is 2.13. The molecular formula is C10H17ClN2S. The summed E-state index contributed by atoms with van der Waals surface area (Å²) in [7, 11) is 0. The van der Waals surface area contributed by atoms with Crippen LogP contribution in [0.5, 0.6) is 0 Å². The van der Waals surface area contributed by atoms with Crippen molar-refractivity contribution in [3.8, 4) is 0 Å². The molecule has 1 heterocycles. The minimum absolute atomic E-state index is 0.160. The predicted molar refractivity (Wildman–Crippen MR) is 64.0 cm³/mol. The van der Waals surface area contributed by atoms with Crippen LogP contribution in [0.15, 0.2) is 12.1 Å². The lowest BCUT2D eigenvalue weighted by Crippen LogP contribution is -2.41. The van der Waals surface area contributed by atoms with Crippen molar-refractivity contribution in [3.05, 3.63) is 21.3 Å². The van der Waals surface area contributed by atoms with E-state index in [9.17, 15) is 0 Å². The van der Waals surface area contributed by atoms with E-state index in [4.69, 9.17) is 17.3 Å². The van der Waals surface area contributed by atoms with Gasteiger partial charge in [-0.3, -0.25) is 0 Å². The molecule has 2 nitrogen and oxygen atoms in total. The Labute approximate surface area is 94.5 Å². The predicted octanol–water partition coefficient (Wildman–Crippen LogP) is 2.79. The maximum absolute atomic E-state index is 5.87. The Morgan fingerprint density at radius 1 is 1.36 bits per heavy atom. The van der Waals surface area contributed by atoms with Gasteiger partial charge >= 0.3 is 0 Å². The van der Waals surface area contributed by atoms with Gasteiger partial charge in [-0.25, -0.2) is 0 Å². The van der Waals surface area contributed by atoms with Crippen LogP contribution in [0, 0.1) is 0 Å². The Morgan fingerprint density at radius 3 is 2.43 bits per heavy atom. The van der Waals surface area contributed by atoms with Gasteiger partial charge in [-0.2, -0.15) is 0 Å². The molecule has 80 valence electrons. The minimum Gasteiger partial charge on any atom is -0.327 e. The fraction of sp³-hybridized carbons (Fsp3) is 0.600. The van der Waals surface area contributed by atoms with E-state index in [0.717, 1.165) is 4.34 Å². The molecule has 0 aromatic carbocycles. The van der Waals surface area contributed by atoms with Gasteiger partial charge in [0.15, 0.2) is 0 Å². The van der Waals surface area contributed by atoms with Crippen molar-refractivity contribution in [1.29, 1.82) is 0 Å². The minimum atomic E-state index is 0.160. The first kappa shape index (κ1) is 12.0. The molecule has 3 atom stereocenters. The lowest BCUT2D eigenvalue weighted by atomic mass is 10.1. The molecule has 3 N–H and O–H groups in total. The maximum Gasteiger partial charge on any atom is 0.0931 e. The first-order valence-electron chi connectivity index (χ1n) is 4.77. The second-order valence-corrected chi connectivity index (χ2v) is 5.42. The summed E-state index contributed by atoms with van der Waals surface area (Å²) in [5.41, 5.74) is 5.78. The van der Waals surface area contributed by atoms with Crippen LogP contribution in [0.4, 0.5) is 0 Å². The van der Waals surface area contributed by atoms with Crippen LogP contribution in [-0.2, 0) is 0 Å². The van der Waals surface area contributed by atoms with Crippen molar-refractivity contribution >= 4 is 22.9 Å². The Hall–Kier alpha value is -0.0900. The Balaban J connectivity index is 2.54. The molecule has 3 unspecified atom stereocenters. The zero-order chi connectivity index (χ0) is 10.7. The smallest absolute Gasteiger partial charge is 0.0931 e. The molecule has 1 aromatic rings. The third-order valence-electron chi connectivity index (χ3n) is 2.32. The largest absolute Gasteiger partial charge is 0.327 e. The molecule has 0 amide bonds. The van der Waals surface area contributed by atoms with Crippen molar-refractivity contribution in [2.24, 2.45) is 5.73 Å². The zero-order valence-electron chi connectivity index (χ0n) is 8.75. The van der Waals surface area contributed by atoms with Crippen molar-refractivity contribution in [1.82, 2.24) is 5.32 Å². The Bertz CT molecular complexity index is 285. The van der Waals surface area contributed by atoms with Gasteiger partial charge in [-0.1, -0.05) is 11.6 Å². The van der Waals surface area contributed by atoms with Gasteiger partial charge in [0.25, 0.3) is 0 Å². The lowest BCUT2D eigenvalue weighted by molar-refractivity contribution is 0.433. The highest BCUT2D eigenvalue weighted by molar-refractivity contribution is 7.16. The van der Waals surface area contributed by atoms with Gasteiger partial charge in [0.1, 0.15) is 0 Å². The second kappa shape index (κ2) is 5.12. The van der Waals surface area contributed by atoms with Crippen LogP contribution in [0.25, 0.3) is 0 Å². The number of hydrogen-bond donors (Lipinski definition) is 2. The molecule has 1 rings (SSSR count). The summed E-state index contributed by atoms with van der Waals surface area (Å²) in [4.78, 5) is 1.25. The van der Waals surface area contributed by atoms with Gasteiger partial charge in [0, 0.05) is 23.0 Å². The fourth-order valence-electron chi connectivity index (χ4n) is 1.19. The Morgan fingerprint density at radius 2 is 2.00 bits per heavy atom. The van der Waals surface area contributed by atoms with Crippen molar-refractivity contribution < 1.29 is 0 Å². The molecular weight excluding hydrogens is 216 g/mol. The second-order valence-electron chi connectivity index (χ2n) is 3.68. The molecule has 1 aromatic heterocycles. The molecule has 0 spiro atoms. The molecule has 14 heavy (non-hydrogen) atoms. The van der Waals surface area contributed by atoms with Gasteiger partial charge in [-0.05, 0) is 32.9 Å². The number of nitrogens with one attached hydrogen (secondary N) is 1. The average Bonchev–Trinajstić information content (AvgIpc) is 2.51. The van der Waals surface area contributed by atoms with E-state index in [0.29, 0.717) is 12.1 Å². The van der Waals surface area contributed by atoms with E-state index in [2.05, 4.69) is 25.2 Å². The number of hydrogen-bond acceptors (Lipinski definition) is 3. The summed E-state index contributed by atoms with van der Waals surface area (Å²) in [6, 6.07) is 4.77. The van der Waals surface area contributed by atoms with E-state index in [1.807, 2.05) is 13.0 Å². The monoisotopic (exact) mass is 232 g/mol. The zero-order valence-corrected chi connectivity index (χ0v) is 10.3. The van der Waals surface area contributed by atoms with Crippen LogP contribution in [-0.4, -0.2) is 12.1 Å². The van der Waals surface area contributed by atoms with Crippen molar-refractivity contribution in [2.45, 2.75) is 38.9 Å². The van der Waals surface area contributed by atoms with Crippen LogP contribution in [0.1, 0.15) is 31.7 Å². The fourth-order valence-corrected chi connectivity index (χ4v) is 2.26. The summed E-state index contributed by atoms with van der Waals surface area (Å²) < 4.78 is 0.835. The van der Waals surface area contributed by atoms with Crippen LogP contribution < -0.4 is 11.1 Å². The molecule has 0 saturated carbocycles. The van der Waals surface area contributed by atoms with Gasteiger partial charge in [0.05, 0.1) is 4.34 Å². The van der Waals surface area contributed by atoms with Crippen molar-refractivity contribution in [2.75, 3.05) is 0 Å². The standard InChI is InChI=1S/C10H17ClN2S/c1-6(12)7(2)13-8(3)9-4-5-10(11)14-9/h4-8,13H,12H2,1-3H3. The quantitative estimate of drug-likeness (QED) is 0.838. The van der Waals surface area contributed by atoms with E-state index < -0.39 is 0 Å². The molecule has 0 aliphatic rings.